The van der Waals surface area contributed by atoms with E-state index in [9.17, 15) is 31.1 Å². The number of hydrogen-bond acceptors (Lipinski definition) is 3. The molecule has 1 atom stereocenters. The second kappa shape index (κ2) is 8.78. The van der Waals surface area contributed by atoms with Crippen molar-refractivity contribution < 1.29 is 31.1 Å². The summed E-state index contributed by atoms with van der Waals surface area (Å²) in [4.78, 5) is 12.4. The Hall–Kier alpha value is -0.740. The lowest BCUT2D eigenvalue weighted by Crippen LogP contribution is -2.57. The van der Waals surface area contributed by atoms with Crippen LogP contribution >= 0.6 is 12.4 Å². The Labute approximate surface area is 130 Å². The van der Waals surface area contributed by atoms with Crippen LogP contribution in [0.15, 0.2) is 0 Å². The summed E-state index contributed by atoms with van der Waals surface area (Å²) >= 11 is 0. The maximum absolute atomic E-state index is 12.9. The summed E-state index contributed by atoms with van der Waals surface area (Å²) in [5.41, 5.74) is 0. The predicted octanol–water partition coefficient (Wildman–Crippen LogP) is 1.70. The van der Waals surface area contributed by atoms with Crippen molar-refractivity contribution >= 4 is 18.3 Å². The molecule has 4 nitrogen and oxygen atoms in total. The standard InChI is InChI=1S/C11H17F6N3O.ClH/c12-10(13,14)2-1-9(21)19-7-8(11(15,16)17)20-5-3-18-4-6-20;/h8,18H,1-7H2,(H,19,21);1H. The van der Waals surface area contributed by atoms with Gasteiger partial charge in [0, 0.05) is 39.1 Å². The Balaban J connectivity index is 0.00000441. The van der Waals surface area contributed by atoms with Crippen molar-refractivity contribution in [3.05, 3.63) is 0 Å². The highest BCUT2D eigenvalue weighted by molar-refractivity contribution is 5.85. The largest absolute Gasteiger partial charge is 0.405 e. The van der Waals surface area contributed by atoms with Crippen LogP contribution in [0.3, 0.4) is 0 Å². The third-order valence-electron chi connectivity index (χ3n) is 3.10. The number of halogens is 7. The molecule has 1 aliphatic rings. The van der Waals surface area contributed by atoms with E-state index in [1.165, 1.54) is 4.90 Å². The van der Waals surface area contributed by atoms with Gasteiger partial charge >= 0.3 is 12.4 Å². The van der Waals surface area contributed by atoms with Crippen LogP contribution in [0.1, 0.15) is 12.8 Å². The molecule has 1 fully saturated rings. The third kappa shape index (κ3) is 8.04. The minimum atomic E-state index is -4.55. The number of hydrogen-bond donors (Lipinski definition) is 2. The molecule has 0 aromatic rings. The van der Waals surface area contributed by atoms with Gasteiger partial charge in [-0.05, 0) is 0 Å². The fourth-order valence-electron chi connectivity index (χ4n) is 2.00. The highest BCUT2D eigenvalue weighted by Gasteiger charge is 2.43. The molecule has 0 aromatic heterocycles. The summed E-state index contributed by atoms with van der Waals surface area (Å²) in [6.45, 7) is 0.397. The summed E-state index contributed by atoms with van der Waals surface area (Å²) < 4.78 is 74.6. The van der Waals surface area contributed by atoms with Crippen LogP contribution in [0.4, 0.5) is 26.3 Å². The first kappa shape index (κ1) is 21.3. The van der Waals surface area contributed by atoms with E-state index in [4.69, 9.17) is 0 Å². The smallest absolute Gasteiger partial charge is 0.354 e. The Morgan fingerprint density at radius 2 is 1.68 bits per heavy atom. The lowest BCUT2D eigenvalue weighted by atomic mass is 10.2. The number of carbonyl (C=O) groups is 1. The summed E-state index contributed by atoms with van der Waals surface area (Å²) in [6.07, 6.45) is -11.3. The molecule has 0 saturated carbocycles. The number of piperazine rings is 1. The number of rotatable bonds is 5. The van der Waals surface area contributed by atoms with Gasteiger partial charge in [-0.15, -0.1) is 12.4 Å². The van der Waals surface area contributed by atoms with Gasteiger partial charge < -0.3 is 10.6 Å². The maximum Gasteiger partial charge on any atom is 0.405 e. The highest BCUT2D eigenvalue weighted by atomic mass is 35.5. The number of alkyl halides is 6. The van der Waals surface area contributed by atoms with Crippen molar-refractivity contribution in [1.82, 2.24) is 15.5 Å². The number of amides is 1. The van der Waals surface area contributed by atoms with Crippen molar-refractivity contribution in [2.45, 2.75) is 31.2 Å². The number of nitrogens with one attached hydrogen (secondary N) is 2. The van der Waals surface area contributed by atoms with E-state index in [0.717, 1.165) is 0 Å². The zero-order chi connectivity index (χ0) is 16.1. The molecule has 2 N–H and O–H groups in total. The van der Waals surface area contributed by atoms with E-state index < -0.39 is 43.7 Å². The monoisotopic (exact) mass is 357 g/mol. The average Bonchev–Trinajstić information content (AvgIpc) is 2.35. The van der Waals surface area contributed by atoms with Crippen LogP contribution in [0, 0.1) is 0 Å². The fourth-order valence-corrected chi connectivity index (χ4v) is 2.00. The maximum atomic E-state index is 12.9. The molecule has 0 bridgehead atoms. The molecule has 132 valence electrons. The molecule has 1 aliphatic heterocycles. The molecule has 0 radical (unpaired) electrons. The van der Waals surface area contributed by atoms with Gasteiger partial charge in [-0.1, -0.05) is 0 Å². The lowest BCUT2D eigenvalue weighted by molar-refractivity contribution is -0.184. The molecule has 1 heterocycles. The van der Waals surface area contributed by atoms with Gasteiger partial charge in [0.25, 0.3) is 0 Å². The summed E-state index contributed by atoms with van der Waals surface area (Å²) in [6, 6.07) is -1.88. The van der Waals surface area contributed by atoms with E-state index in [0.29, 0.717) is 13.1 Å². The van der Waals surface area contributed by atoms with E-state index >= 15 is 0 Å². The zero-order valence-corrected chi connectivity index (χ0v) is 12.4. The molecule has 1 rings (SSSR count). The van der Waals surface area contributed by atoms with Crippen LogP contribution < -0.4 is 10.6 Å². The van der Waals surface area contributed by atoms with Crippen molar-refractivity contribution in [2.75, 3.05) is 32.7 Å². The van der Waals surface area contributed by atoms with Crippen molar-refractivity contribution in [3.63, 3.8) is 0 Å². The van der Waals surface area contributed by atoms with Gasteiger partial charge in [-0.25, -0.2) is 0 Å². The van der Waals surface area contributed by atoms with Crippen molar-refractivity contribution in [3.8, 4) is 0 Å². The Kier molecular flexibility index (Phi) is 8.48. The van der Waals surface area contributed by atoms with E-state index in [1.54, 1.807) is 0 Å². The van der Waals surface area contributed by atoms with Crippen LogP contribution in [0.2, 0.25) is 0 Å². The molecular weight excluding hydrogens is 340 g/mol. The topological polar surface area (TPSA) is 44.4 Å². The fraction of sp³-hybridized carbons (Fsp3) is 0.909. The van der Waals surface area contributed by atoms with Gasteiger partial charge in [0.15, 0.2) is 0 Å². The molecule has 1 saturated heterocycles. The summed E-state index contributed by atoms with van der Waals surface area (Å²) in [7, 11) is 0. The summed E-state index contributed by atoms with van der Waals surface area (Å²) in [5.74, 6) is -1.03. The molecule has 1 unspecified atom stereocenters. The van der Waals surface area contributed by atoms with Crippen LogP contribution in [0.5, 0.6) is 0 Å². The second-order valence-corrected chi connectivity index (χ2v) is 4.76. The van der Waals surface area contributed by atoms with Gasteiger partial charge in [-0.3, -0.25) is 9.69 Å². The van der Waals surface area contributed by atoms with Gasteiger partial charge in [0.2, 0.25) is 5.91 Å². The van der Waals surface area contributed by atoms with Gasteiger partial charge in [0.05, 0.1) is 6.42 Å². The predicted molar refractivity (Wildman–Crippen MR) is 69.8 cm³/mol. The van der Waals surface area contributed by atoms with Crippen LogP contribution in [-0.4, -0.2) is 61.9 Å². The quantitative estimate of drug-likeness (QED) is 0.736. The average molecular weight is 358 g/mol. The SMILES string of the molecule is Cl.O=C(CCC(F)(F)F)NCC(N1CCNCC1)C(F)(F)F. The number of carbonyl (C=O) groups excluding carboxylic acids is 1. The number of nitrogens with zero attached hydrogens (tertiary/aromatic N) is 1. The molecule has 0 aliphatic carbocycles. The normalized spacial score (nSPS) is 18.5. The van der Waals surface area contributed by atoms with E-state index in [2.05, 4.69) is 5.32 Å². The first-order chi connectivity index (χ1) is 9.59. The van der Waals surface area contributed by atoms with E-state index in [-0.39, 0.29) is 25.5 Å². The Morgan fingerprint density at radius 3 is 2.14 bits per heavy atom. The molecule has 1 amide bonds. The first-order valence-electron chi connectivity index (χ1n) is 6.44. The van der Waals surface area contributed by atoms with Crippen molar-refractivity contribution in [2.24, 2.45) is 0 Å². The molecular formula is C11H18ClF6N3O. The van der Waals surface area contributed by atoms with Crippen molar-refractivity contribution in [1.29, 1.82) is 0 Å². The second-order valence-electron chi connectivity index (χ2n) is 4.76. The molecule has 11 heteroatoms. The molecule has 0 aromatic carbocycles. The zero-order valence-electron chi connectivity index (χ0n) is 11.6. The lowest BCUT2D eigenvalue weighted by Gasteiger charge is -2.35. The van der Waals surface area contributed by atoms with Crippen LogP contribution in [-0.2, 0) is 4.79 Å². The van der Waals surface area contributed by atoms with Gasteiger partial charge in [-0.2, -0.15) is 26.3 Å². The highest BCUT2D eigenvalue weighted by Crippen LogP contribution is 2.25. The third-order valence-corrected chi connectivity index (χ3v) is 3.10. The van der Waals surface area contributed by atoms with E-state index in [1.807, 2.05) is 5.32 Å². The minimum absolute atomic E-state index is 0. The van der Waals surface area contributed by atoms with Gasteiger partial charge in [0.1, 0.15) is 6.04 Å². The first-order valence-corrected chi connectivity index (χ1v) is 6.44. The molecule has 0 spiro atoms. The minimum Gasteiger partial charge on any atom is -0.354 e. The summed E-state index contributed by atoms with van der Waals surface area (Å²) in [5, 5.41) is 4.84. The van der Waals surface area contributed by atoms with Crippen LogP contribution in [0.25, 0.3) is 0 Å². The Bertz CT molecular complexity index is 344. The molecule has 22 heavy (non-hydrogen) atoms. The Morgan fingerprint density at radius 1 is 1.14 bits per heavy atom.